The van der Waals surface area contributed by atoms with Crippen LogP contribution >= 0.6 is 0 Å². The summed E-state index contributed by atoms with van der Waals surface area (Å²) in [6, 6.07) is 11.5. The molecule has 0 saturated carbocycles. The average Bonchev–Trinajstić information content (AvgIpc) is 2.60. The lowest BCUT2D eigenvalue weighted by atomic mass is 10.0. The number of benzene rings is 2. The molecule has 132 valence electrons. The maximum absolute atomic E-state index is 13.0. The smallest absolute Gasteiger partial charge is 0.244 e. The number of nitrogens with zero attached hydrogens (tertiary/aromatic N) is 1. The van der Waals surface area contributed by atoms with Crippen molar-refractivity contribution in [2.45, 2.75) is 33.6 Å². The van der Waals surface area contributed by atoms with Gasteiger partial charge in [-0.1, -0.05) is 32.0 Å². The molecule has 2 rings (SSSR count). The summed E-state index contributed by atoms with van der Waals surface area (Å²) in [6.07, 6.45) is 1.54. The molecule has 0 atom stereocenters. The second kappa shape index (κ2) is 8.42. The molecular formula is C20H23FN2O2. The summed E-state index contributed by atoms with van der Waals surface area (Å²) in [4.78, 5) is 26.1. The third-order valence-corrected chi connectivity index (χ3v) is 4.04. The summed E-state index contributed by atoms with van der Waals surface area (Å²) in [5, 5.41) is 2.70. The lowest BCUT2D eigenvalue weighted by Crippen LogP contribution is -2.37. The molecule has 2 amide bonds. The maximum Gasteiger partial charge on any atom is 0.244 e. The largest absolute Gasteiger partial charge is 0.325 e. The Balaban J connectivity index is 2.26. The quantitative estimate of drug-likeness (QED) is 0.864. The van der Waals surface area contributed by atoms with E-state index in [0.717, 1.165) is 29.7 Å². The number of halogens is 1. The first kappa shape index (κ1) is 18.6. The highest BCUT2D eigenvalue weighted by atomic mass is 19.1. The van der Waals surface area contributed by atoms with E-state index < -0.39 is 0 Å². The minimum atomic E-state index is -0.368. The Morgan fingerprint density at radius 1 is 1.00 bits per heavy atom. The summed E-state index contributed by atoms with van der Waals surface area (Å²) < 4.78 is 13.0. The van der Waals surface area contributed by atoms with Crippen molar-refractivity contribution in [3.63, 3.8) is 0 Å². The van der Waals surface area contributed by atoms with E-state index in [1.165, 1.54) is 36.1 Å². The average molecular weight is 342 g/mol. The summed E-state index contributed by atoms with van der Waals surface area (Å²) in [7, 11) is 0. The molecule has 0 saturated heterocycles. The molecule has 2 aromatic rings. The molecule has 0 aliphatic carbocycles. The highest BCUT2D eigenvalue weighted by molar-refractivity contribution is 6.02. The zero-order valence-electron chi connectivity index (χ0n) is 14.8. The van der Waals surface area contributed by atoms with E-state index in [0.29, 0.717) is 5.69 Å². The van der Waals surface area contributed by atoms with Crippen LogP contribution in [0.2, 0.25) is 0 Å². The van der Waals surface area contributed by atoms with Crippen LogP contribution in [0.5, 0.6) is 0 Å². The predicted molar refractivity (Wildman–Crippen MR) is 98.3 cm³/mol. The molecule has 0 fully saturated rings. The molecule has 5 heteroatoms. The van der Waals surface area contributed by atoms with Gasteiger partial charge in [0.2, 0.25) is 11.8 Å². The van der Waals surface area contributed by atoms with Crippen LogP contribution in [0.4, 0.5) is 15.8 Å². The van der Waals surface area contributed by atoms with Crippen LogP contribution in [0.3, 0.4) is 0 Å². The van der Waals surface area contributed by atoms with Gasteiger partial charge in [0.25, 0.3) is 0 Å². The molecule has 0 heterocycles. The van der Waals surface area contributed by atoms with Crippen molar-refractivity contribution in [3.05, 3.63) is 59.4 Å². The molecule has 1 N–H and O–H groups in total. The van der Waals surface area contributed by atoms with Crippen LogP contribution in [-0.4, -0.2) is 18.4 Å². The number of rotatable bonds is 6. The van der Waals surface area contributed by atoms with Gasteiger partial charge < -0.3 is 10.2 Å². The lowest BCUT2D eigenvalue weighted by molar-refractivity contribution is -0.120. The van der Waals surface area contributed by atoms with Crippen molar-refractivity contribution in [2.75, 3.05) is 16.8 Å². The Labute approximate surface area is 147 Å². The van der Waals surface area contributed by atoms with Crippen molar-refractivity contribution in [1.29, 1.82) is 0 Å². The zero-order valence-corrected chi connectivity index (χ0v) is 14.8. The number of hydrogen-bond acceptors (Lipinski definition) is 2. The number of hydrogen-bond donors (Lipinski definition) is 1. The number of para-hydroxylation sites is 1. The van der Waals surface area contributed by atoms with E-state index >= 15 is 0 Å². The SMILES string of the molecule is CCc1cccc(CC)c1N(CC(=O)Nc1ccc(F)cc1)C(C)=O. The Morgan fingerprint density at radius 3 is 2.04 bits per heavy atom. The standard InChI is InChI=1S/C20H23FN2O2/c1-4-15-7-6-8-16(5-2)20(15)23(14(3)24)13-19(25)22-18-11-9-17(21)10-12-18/h6-12H,4-5,13H2,1-3H3,(H,22,25). The Hall–Kier alpha value is -2.69. The first-order valence-electron chi connectivity index (χ1n) is 8.40. The van der Waals surface area contributed by atoms with E-state index in [2.05, 4.69) is 5.32 Å². The lowest BCUT2D eigenvalue weighted by Gasteiger charge is -2.26. The fraction of sp³-hybridized carbons (Fsp3) is 0.300. The van der Waals surface area contributed by atoms with E-state index in [4.69, 9.17) is 0 Å². The minimum absolute atomic E-state index is 0.0866. The number of carbonyl (C=O) groups excluding carboxylic acids is 2. The van der Waals surface area contributed by atoms with Gasteiger partial charge in [-0.2, -0.15) is 0 Å². The first-order valence-corrected chi connectivity index (χ1v) is 8.40. The molecule has 0 aliphatic heterocycles. The number of amides is 2. The molecule has 0 unspecified atom stereocenters. The Kier molecular flexibility index (Phi) is 6.28. The normalized spacial score (nSPS) is 10.4. The van der Waals surface area contributed by atoms with Crippen LogP contribution in [0, 0.1) is 5.82 Å². The van der Waals surface area contributed by atoms with Gasteiger partial charge in [0, 0.05) is 12.6 Å². The molecule has 0 aliphatic rings. The number of nitrogens with one attached hydrogen (secondary N) is 1. The Morgan fingerprint density at radius 2 is 1.56 bits per heavy atom. The maximum atomic E-state index is 13.0. The van der Waals surface area contributed by atoms with Crippen molar-refractivity contribution >= 4 is 23.2 Å². The van der Waals surface area contributed by atoms with E-state index in [9.17, 15) is 14.0 Å². The van der Waals surface area contributed by atoms with Gasteiger partial charge in [0.15, 0.2) is 0 Å². The van der Waals surface area contributed by atoms with Crippen molar-refractivity contribution in [3.8, 4) is 0 Å². The molecule has 0 bridgehead atoms. The van der Waals surface area contributed by atoms with Crippen molar-refractivity contribution in [2.24, 2.45) is 0 Å². The number of carbonyl (C=O) groups is 2. The van der Waals surface area contributed by atoms with Crippen LogP contribution in [0.25, 0.3) is 0 Å². The number of aryl methyl sites for hydroxylation is 2. The highest BCUT2D eigenvalue weighted by Crippen LogP contribution is 2.27. The van der Waals surface area contributed by atoms with Gasteiger partial charge in [-0.15, -0.1) is 0 Å². The third-order valence-electron chi connectivity index (χ3n) is 4.04. The Bertz CT molecular complexity index is 735. The summed E-state index contributed by atoms with van der Waals surface area (Å²) in [5.41, 5.74) is 3.37. The van der Waals surface area contributed by atoms with Gasteiger partial charge in [-0.3, -0.25) is 9.59 Å². The monoisotopic (exact) mass is 342 g/mol. The topological polar surface area (TPSA) is 49.4 Å². The van der Waals surface area contributed by atoms with Crippen molar-refractivity contribution in [1.82, 2.24) is 0 Å². The van der Waals surface area contributed by atoms with Gasteiger partial charge >= 0.3 is 0 Å². The summed E-state index contributed by atoms with van der Waals surface area (Å²) >= 11 is 0. The number of anilines is 2. The zero-order chi connectivity index (χ0) is 18.4. The molecule has 0 aromatic heterocycles. The van der Waals surface area contributed by atoms with Crippen molar-refractivity contribution < 1.29 is 14.0 Å². The molecule has 0 radical (unpaired) electrons. The van der Waals surface area contributed by atoms with E-state index in [1.54, 1.807) is 0 Å². The molecule has 2 aromatic carbocycles. The summed E-state index contributed by atoms with van der Waals surface area (Å²) in [6.45, 7) is 5.41. The van der Waals surface area contributed by atoms with Gasteiger partial charge in [-0.05, 0) is 48.2 Å². The van der Waals surface area contributed by atoms with E-state index in [1.807, 2.05) is 32.0 Å². The van der Waals surface area contributed by atoms with Crippen LogP contribution in [0.15, 0.2) is 42.5 Å². The van der Waals surface area contributed by atoms with Crippen LogP contribution in [-0.2, 0) is 22.4 Å². The van der Waals surface area contributed by atoms with Gasteiger partial charge in [-0.25, -0.2) is 4.39 Å². The van der Waals surface area contributed by atoms with Crippen LogP contribution in [0.1, 0.15) is 31.9 Å². The second-order valence-corrected chi connectivity index (χ2v) is 5.79. The minimum Gasteiger partial charge on any atom is -0.325 e. The van der Waals surface area contributed by atoms with Crippen LogP contribution < -0.4 is 10.2 Å². The fourth-order valence-corrected chi connectivity index (χ4v) is 2.79. The first-order chi connectivity index (χ1) is 12.0. The third kappa shape index (κ3) is 4.66. The molecule has 4 nitrogen and oxygen atoms in total. The second-order valence-electron chi connectivity index (χ2n) is 5.79. The van der Waals surface area contributed by atoms with Gasteiger partial charge in [0.05, 0.1) is 5.69 Å². The van der Waals surface area contributed by atoms with E-state index in [-0.39, 0.29) is 24.2 Å². The highest BCUT2D eigenvalue weighted by Gasteiger charge is 2.21. The molecule has 25 heavy (non-hydrogen) atoms. The van der Waals surface area contributed by atoms with Gasteiger partial charge in [0.1, 0.15) is 12.4 Å². The predicted octanol–water partition coefficient (Wildman–Crippen LogP) is 3.94. The molecule has 0 spiro atoms. The molecular weight excluding hydrogens is 319 g/mol. The summed E-state index contributed by atoms with van der Waals surface area (Å²) in [5.74, 6) is -0.882. The fourth-order valence-electron chi connectivity index (χ4n) is 2.79.